The van der Waals surface area contributed by atoms with E-state index in [4.69, 9.17) is 0 Å². The largest absolute Gasteiger partial charge is 0.356 e. The van der Waals surface area contributed by atoms with Crippen LogP contribution in [0.1, 0.15) is 49.8 Å². The molecular formula is C17H20FN5O2. The highest BCUT2D eigenvalue weighted by atomic mass is 19.1. The van der Waals surface area contributed by atoms with E-state index in [2.05, 4.69) is 14.8 Å². The molecule has 25 heavy (non-hydrogen) atoms. The topological polar surface area (TPSA) is 77.1 Å². The second kappa shape index (κ2) is 6.42. The summed E-state index contributed by atoms with van der Waals surface area (Å²) in [7, 11) is 0. The maximum absolute atomic E-state index is 13.5. The number of benzene rings is 1. The second-order valence-electron chi connectivity index (χ2n) is 6.68. The molecule has 2 aliphatic heterocycles. The van der Waals surface area contributed by atoms with Crippen LogP contribution in [-0.2, 0) is 13.0 Å². The standard InChI is InChI=1S/C17H20FN5O2/c18-12-7-8-13(15(11-12)23(24)25)21-10-4-5-14(21)17-20-19-16-6-2-1-3-9-22(16)17/h7-8,11,14H,1-6,9-10H2. The van der Waals surface area contributed by atoms with Crippen LogP contribution < -0.4 is 4.90 Å². The minimum Gasteiger partial charge on any atom is -0.356 e. The molecule has 1 saturated heterocycles. The van der Waals surface area contributed by atoms with E-state index >= 15 is 0 Å². The van der Waals surface area contributed by atoms with Gasteiger partial charge in [0.15, 0.2) is 5.82 Å². The Balaban J connectivity index is 1.73. The van der Waals surface area contributed by atoms with Gasteiger partial charge in [-0.3, -0.25) is 10.1 Å². The van der Waals surface area contributed by atoms with Crippen molar-refractivity contribution in [2.45, 2.75) is 51.1 Å². The monoisotopic (exact) mass is 345 g/mol. The molecule has 1 aromatic heterocycles. The van der Waals surface area contributed by atoms with Gasteiger partial charge in [-0.25, -0.2) is 4.39 Å². The van der Waals surface area contributed by atoms with Crippen LogP contribution in [0.25, 0.3) is 0 Å². The van der Waals surface area contributed by atoms with E-state index in [0.29, 0.717) is 12.2 Å². The van der Waals surface area contributed by atoms with Crippen LogP contribution in [0.5, 0.6) is 0 Å². The van der Waals surface area contributed by atoms with Crippen LogP contribution >= 0.6 is 0 Å². The van der Waals surface area contributed by atoms with Crippen molar-refractivity contribution in [1.29, 1.82) is 0 Å². The van der Waals surface area contributed by atoms with Gasteiger partial charge in [0.25, 0.3) is 5.69 Å². The van der Waals surface area contributed by atoms with Crippen molar-refractivity contribution in [2.24, 2.45) is 0 Å². The summed E-state index contributed by atoms with van der Waals surface area (Å²) < 4.78 is 15.7. The molecule has 0 bridgehead atoms. The first kappa shape index (κ1) is 16.0. The normalized spacial score (nSPS) is 20.4. The first-order valence-electron chi connectivity index (χ1n) is 8.77. The van der Waals surface area contributed by atoms with Crippen LogP contribution in [0.3, 0.4) is 0 Å². The molecule has 2 aliphatic rings. The lowest BCUT2D eigenvalue weighted by Gasteiger charge is -2.26. The molecule has 8 heteroatoms. The molecule has 0 N–H and O–H groups in total. The third-order valence-electron chi connectivity index (χ3n) is 5.13. The number of aryl methyl sites for hydroxylation is 1. The summed E-state index contributed by atoms with van der Waals surface area (Å²) in [4.78, 5) is 12.9. The van der Waals surface area contributed by atoms with E-state index in [1.54, 1.807) is 0 Å². The van der Waals surface area contributed by atoms with Crippen molar-refractivity contribution in [3.63, 3.8) is 0 Å². The Morgan fingerprint density at radius 1 is 1.16 bits per heavy atom. The molecule has 3 heterocycles. The summed E-state index contributed by atoms with van der Waals surface area (Å²) in [5, 5.41) is 20.2. The summed E-state index contributed by atoms with van der Waals surface area (Å²) in [6.07, 6.45) is 6.11. The number of rotatable bonds is 3. The van der Waals surface area contributed by atoms with Gasteiger partial charge in [-0.05, 0) is 37.8 Å². The minimum absolute atomic E-state index is 0.0523. The third kappa shape index (κ3) is 2.85. The molecule has 2 aromatic rings. The smallest absolute Gasteiger partial charge is 0.295 e. The zero-order valence-corrected chi connectivity index (χ0v) is 13.9. The third-order valence-corrected chi connectivity index (χ3v) is 5.13. The minimum atomic E-state index is -0.595. The van der Waals surface area contributed by atoms with Gasteiger partial charge in [0, 0.05) is 19.5 Å². The second-order valence-corrected chi connectivity index (χ2v) is 6.68. The highest BCUT2D eigenvalue weighted by Gasteiger charge is 2.34. The number of hydrogen-bond acceptors (Lipinski definition) is 5. The van der Waals surface area contributed by atoms with Gasteiger partial charge < -0.3 is 9.47 Å². The van der Waals surface area contributed by atoms with Crippen LogP contribution in [0.4, 0.5) is 15.8 Å². The van der Waals surface area contributed by atoms with Crippen LogP contribution in [0.2, 0.25) is 0 Å². The number of nitrogens with zero attached hydrogens (tertiary/aromatic N) is 5. The lowest BCUT2D eigenvalue weighted by atomic mass is 10.1. The first-order chi connectivity index (χ1) is 12.1. The molecule has 0 aliphatic carbocycles. The van der Waals surface area contributed by atoms with Gasteiger partial charge >= 0.3 is 0 Å². The Kier molecular flexibility index (Phi) is 4.10. The predicted octanol–water partition coefficient (Wildman–Crippen LogP) is 3.39. The van der Waals surface area contributed by atoms with Crippen LogP contribution in [0.15, 0.2) is 18.2 Å². The Hall–Kier alpha value is -2.51. The lowest BCUT2D eigenvalue weighted by Crippen LogP contribution is -2.26. The van der Waals surface area contributed by atoms with Crippen LogP contribution in [0, 0.1) is 15.9 Å². The summed E-state index contributed by atoms with van der Waals surface area (Å²) in [6, 6.07) is 3.73. The number of nitro groups is 1. The first-order valence-corrected chi connectivity index (χ1v) is 8.77. The van der Waals surface area contributed by atoms with Gasteiger partial charge in [-0.15, -0.1) is 10.2 Å². The molecule has 4 rings (SSSR count). The van der Waals surface area contributed by atoms with Crippen molar-refractivity contribution in [3.8, 4) is 0 Å². The number of nitro benzene ring substituents is 1. The molecule has 0 spiro atoms. The van der Waals surface area contributed by atoms with Crippen molar-refractivity contribution >= 4 is 11.4 Å². The highest BCUT2D eigenvalue weighted by molar-refractivity contribution is 5.64. The Labute approximate surface area is 144 Å². The fourth-order valence-corrected chi connectivity index (χ4v) is 3.96. The fourth-order valence-electron chi connectivity index (χ4n) is 3.96. The number of halogens is 1. The summed E-state index contributed by atoms with van der Waals surface area (Å²) in [5.41, 5.74) is 0.266. The van der Waals surface area contributed by atoms with Crippen molar-refractivity contribution in [1.82, 2.24) is 14.8 Å². The quantitative estimate of drug-likeness (QED) is 0.629. The average Bonchev–Trinajstić information content (AvgIpc) is 3.15. The number of anilines is 1. The van der Waals surface area contributed by atoms with Gasteiger partial charge in [0.2, 0.25) is 0 Å². The molecule has 0 saturated carbocycles. The van der Waals surface area contributed by atoms with E-state index < -0.39 is 10.7 Å². The van der Waals surface area contributed by atoms with E-state index in [9.17, 15) is 14.5 Å². The van der Waals surface area contributed by atoms with E-state index in [-0.39, 0.29) is 11.7 Å². The number of aromatic nitrogens is 3. The maximum atomic E-state index is 13.5. The van der Waals surface area contributed by atoms with Crippen LogP contribution in [-0.4, -0.2) is 26.2 Å². The number of fused-ring (bicyclic) bond motifs is 1. The van der Waals surface area contributed by atoms with Gasteiger partial charge in [0.1, 0.15) is 17.3 Å². The maximum Gasteiger partial charge on any atom is 0.295 e. The van der Waals surface area contributed by atoms with Gasteiger partial charge in [-0.2, -0.15) is 0 Å². The Morgan fingerprint density at radius 3 is 2.88 bits per heavy atom. The molecule has 132 valence electrons. The molecule has 7 nitrogen and oxygen atoms in total. The molecule has 0 amide bonds. The lowest BCUT2D eigenvalue weighted by molar-refractivity contribution is -0.384. The van der Waals surface area contributed by atoms with E-state index in [1.165, 1.54) is 18.6 Å². The van der Waals surface area contributed by atoms with E-state index in [0.717, 1.165) is 56.4 Å². The van der Waals surface area contributed by atoms with Gasteiger partial charge in [-0.1, -0.05) is 6.42 Å². The fraction of sp³-hybridized carbons (Fsp3) is 0.529. The number of hydrogen-bond donors (Lipinski definition) is 0. The Morgan fingerprint density at radius 2 is 2.04 bits per heavy atom. The highest BCUT2D eigenvalue weighted by Crippen LogP contribution is 2.40. The summed E-state index contributed by atoms with van der Waals surface area (Å²) >= 11 is 0. The summed E-state index contributed by atoms with van der Waals surface area (Å²) in [5.74, 6) is 1.29. The van der Waals surface area contributed by atoms with Crippen molar-refractivity contribution < 1.29 is 9.31 Å². The zero-order chi connectivity index (χ0) is 17.4. The molecule has 1 unspecified atom stereocenters. The zero-order valence-electron chi connectivity index (χ0n) is 13.9. The van der Waals surface area contributed by atoms with E-state index in [1.807, 2.05) is 4.90 Å². The summed E-state index contributed by atoms with van der Waals surface area (Å²) in [6.45, 7) is 1.59. The molecule has 1 aromatic carbocycles. The molecule has 1 atom stereocenters. The van der Waals surface area contributed by atoms with Crippen molar-refractivity contribution in [2.75, 3.05) is 11.4 Å². The predicted molar refractivity (Wildman–Crippen MR) is 90.0 cm³/mol. The molecule has 1 fully saturated rings. The van der Waals surface area contributed by atoms with Gasteiger partial charge in [0.05, 0.1) is 17.0 Å². The Bertz CT molecular complexity index is 806. The molecule has 0 radical (unpaired) electrons. The molecular weight excluding hydrogens is 325 g/mol. The average molecular weight is 345 g/mol. The van der Waals surface area contributed by atoms with Crippen molar-refractivity contribution in [3.05, 3.63) is 45.8 Å². The SMILES string of the molecule is O=[N+]([O-])c1cc(F)ccc1N1CCCC1c1nnc2n1CCCCC2.